The van der Waals surface area contributed by atoms with Gasteiger partial charge in [0.1, 0.15) is 0 Å². The number of nitrogens with zero attached hydrogens (tertiary/aromatic N) is 1. The van der Waals surface area contributed by atoms with E-state index in [1.165, 1.54) is 9.75 Å². The number of aryl methyl sites for hydroxylation is 3. The van der Waals surface area contributed by atoms with E-state index < -0.39 is 0 Å². The Hall–Kier alpha value is -2.51. The number of aromatic nitrogens is 1. The summed E-state index contributed by atoms with van der Waals surface area (Å²) in [5, 5.41) is 6.42. The van der Waals surface area contributed by atoms with Crippen LogP contribution in [0, 0.1) is 20.8 Å². The molecule has 2 heterocycles. The molecule has 2 amide bonds. The van der Waals surface area contributed by atoms with Gasteiger partial charge in [0, 0.05) is 38.5 Å². The standard InChI is InChI=1S/C20H21N3O2S2/c1-11-9-16(12(2)26-11)19-17(27-13(3)22-19)10-18(24)23-15-7-5-14(6-8-15)20(25)21-4/h5-9H,10H2,1-4H3,(H,21,25)(H,23,24). The molecule has 0 saturated heterocycles. The minimum absolute atomic E-state index is 0.0998. The molecule has 0 aliphatic carbocycles. The van der Waals surface area contributed by atoms with Gasteiger partial charge >= 0.3 is 0 Å². The summed E-state index contributed by atoms with van der Waals surface area (Å²) in [6.07, 6.45) is 0.270. The minimum atomic E-state index is -0.154. The number of benzene rings is 1. The molecule has 0 unspecified atom stereocenters. The molecule has 2 aromatic heterocycles. The Morgan fingerprint density at radius 2 is 1.78 bits per heavy atom. The fraction of sp³-hybridized carbons (Fsp3) is 0.250. The fourth-order valence-electron chi connectivity index (χ4n) is 2.87. The van der Waals surface area contributed by atoms with Gasteiger partial charge in [0.2, 0.25) is 5.91 Å². The number of hydrogen-bond acceptors (Lipinski definition) is 5. The van der Waals surface area contributed by atoms with Crippen LogP contribution in [0.1, 0.15) is 30.0 Å². The van der Waals surface area contributed by atoms with Crippen LogP contribution in [-0.4, -0.2) is 23.8 Å². The Balaban J connectivity index is 1.75. The molecule has 0 spiro atoms. The van der Waals surface area contributed by atoms with Gasteiger partial charge in [-0.1, -0.05) is 0 Å². The van der Waals surface area contributed by atoms with Crippen molar-refractivity contribution >= 4 is 40.2 Å². The summed E-state index contributed by atoms with van der Waals surface area (Å²) in [4.78, 5) is 32.2. The molecule has 3 aromatic rings. The number of thiazole rings is 1. The van der Waals surface area contributed by atoms with Crippen LogP contribution in [0.4, 0.5) is 5.69 Å². The normalized spacial score (nSPS) is 10.7. The third-order valence-corrected chi connectivity index (χ3v) is 6.02. The summed E-state index contributed by atoms with van der Waals surface area (Å²) in [7, 11) is 1.59. The first kappa shape index (κ1) is 19.3. The highest BCUT2D eigenvalue weighted by atomic mass is 32.1. The van der Waals surface area contributed by atoms with E-state index in [4.69, 9.17) is 0 Å². The van der Waals surface area contributed by atoms with Crippen LogP contribution in [0.15, 0.2) is 30.3 Å². The lowest BCUT2D eigenvalue weighted by atomic mass is 10.1. The lowest BCUT2D eigenvalue weighted by molar-refractivity contribution is -0.115. The van der Waals surface area contributed by atoms with E-state index in [0.717, 1.165) is 21.1 Å². The summed E-state index contributed by atoms with van der Waals surface area (Å²) in [6, 6.07) is 8.97. The van der Waals surface area contributed by atoms with E-state index in [1.54, 1.807) is 54.0 Å². The van der Waals surface area contributed by atoms with E-state index in [9.17, 15) is 9.59 Å². The molecule has 0 aliphatic rings. The largest absolute Gasteiger partial charge is 0.355 e. The second kappa shape index (κ2) is 8.02. The molecule has 0 atom stereocenters. The second-order valence-electron chi connectivity index (χ2n) is 6.21. The SMILES string of the molecule is CNC(=O)c1ccc(NC(=O)Cc2sc(C)nc2-c2cc(C)sc2C)cc1. The second-order valence-corrected chi connectivity index (χ2v) is 8.96. The van der Waals surface area contributed by atoms with Gasteiger partial charge in [-0.25, -0.2) is 4.98 Å². The van der Waals surface area contributed by atoms with Gasteiger partial charge in [-0.05, 0) is 51.1 Å². The molecule has 2 N–H and O–H groups in total. The number of thiophene rings is 1. The van der Waals surface area contributed by atoms with Crippen molar-refractivity contribution in [2.24, 2.45) is 0 Å². The molecule has 140 valence electrons. The number of carbonyl (C=O) groups is 2. The maximum absolute atomic E-state index is 12.5. The van der Waals surface area contributed by atoms with Crippen molar-refractivity contribution < 1.29 is 9.59 Å². The maximum atomic E-state index is 12.5. The molecule has 3 rings (SSSR count). The Morgan fingerprint density at radius 3 is 2.37 bits per heavy atom. The number of nitrogens with one attached hydrogen (secondary N) is 2. The van der Waals surface area contributed by atoms with Crippen LogP contribution >= 0.6 is 22.7 Å². The van der Waals surface area contributed by atoms with Crippen LogP contribution in [0.5, 0.6) is 0 Å². The quantitative estimate of drug-likeness (QED) is 0.670. The minimum Gasteiger partial charge on any atom is -0.355 e. The van der Waals surface area contributed by atoms with Gasteiger partial charge in [-0.3, -0.25) is 9.59 Å². The molecule has 0 radical (unpaired) electrons. The molecule has 0 saturated carbocycles. The predicted molar refractivity (Wildman–Crippen MR) is 112 cm³/mol. The predicted octanol–water partition coefficient (Wildman–Crippen LogP) is 4.34. The van der Waals surface area contributed by atoms with Crippen molar-refractivity contribution in [3.8, 4) is 11.3 Å². The van der Waals surface area contributed by atoms with Crippen LogP contribution in [-0.2, 0) is 11.2 Å². The Bertz CT molecular complexity index is 987. The highest BCUT2D eigenvalue weighted by Gasteiger charge is 2.18. The Labute approximate surface area is 166 Å². The Kier molecular flexibility index (Phi) is 5.72. The number of hydrogen-bond donors (Lipinski definition) is 2. The maximum Gasteiger partial charge on any atom is 0.251 e. The number of carbonyl (C=O) groups excluding carboxylic acids is 2. The van der Waals surface area contributed by atoms with E-state index in [0.29, 0.717) is 11.3 Å². The smallest absolute Gasteiger partial charge is 0.251 e. The number of rotatable bonds is 5. The third-order valence-electron chi connectivity index (χ3n) is 4.08. The molecular weight excluding hydrogens is 378 g/mol. The molecule has 0 aliphatic heterocycles. The van der Waals surface area contributed by atoms with Gasteiger partial charge in [-0.2, -0.15) is 0 Å². The van der Waals surface area contributed by atoms with Gasteiger partial charge in [0.25, 0.3) is 5.91 Å². The molecule has 1 aromatic carbocycles. The monoisotopic (exact) mass is 399 g/mol. The first-order chi connectivity index (χ1) is 12.9. The average molecular weight is 400 g/mol. The van der Waals surface area contributed by atoms with Crippen molar-refractivity contribution in [1.29, 1.82) is 0 Å². The number of anilines is 1. The lowest BCUT2D eigenvalue weighted by Crippen LogP contribution is -2.18. The highest BCUT2D eigenvalue weighted by molar-refractivity contribution is 7.13. The van der Waals surface area contributed by atoms with Crippen molar-refractivity contribution in [2.75, 3.05) is 12.4 Å². The first-order valence-electron chi connectivity index (χ1n) is 8.53. The van der Waals surface area contributed by atoms with Crippen molar-refractivity contribution in [3.63, 3.8) is 0 Å². The summed E-state index contributed by atoms with van der Waals surface area (Å²) in [5.74, 6) is -0.253. The van der Waals surface area contributed by atoms with E-state index >= 15 is 0 Å². The first-order valence-corrected chi connectivity index (χ1v) is 10.2. The van der Waals surface area contributed by atoms with Gasteiger partial charge in [0.05, 0.1) is 17.1 Å². The van der Waals surface area contributed by atoms with Crippen molar-refractivity contribution in [1.82, 2.24) is 10.3 Å². The summed E-state index contributed by atoms with van der Waals surface area (Å²) in [6.45, 7) is 6.12. The highest BCUT2D eigenvalue weighted by Crippen LogP contribution is 2.35. The average Bonchev–Trinajstić information content (AvgIpc) is 3.15. The van der Waals surface area contributed by atoms with Gasteiger partial charge in [-0.15, -0.1) is 22.7 Å². The summed E-state index contributed by atoms with van der Waals surface area (Å²) < 4.78 is 0. The lowest BCUT2D eigenvalue weighted by Gasteiger charge is -2.07. The molecule has 7 heteroatoms. The van der Waals surface area contributed by atoms with Gasteiger partial charge in [0.15, 0.2) is 0 Å². The zero-order valence-corrected chi connectivity index (χ0v) is 17.3. The van der Waals surface area contributed by atoms with Crippen LogP contribution in [0.2, 0.25) is 0 Å². The van der Waals surface area contributed by atoms with Crippen LogP contribution in [0.3, 0.4) is 0 Å². The Morgan fingerprint density at radius 1 is 1.07 bits per heavy atom. The molecule has 27 heavy (non-hydrogen) atoms. The molecular formula is C20H21N3O2S2. The van der Waals surface area contributed by atoms with Crippen LogP contribution < -0.4 is 10.6 Å². The van der Waals surface area contributed by atoms with E-state index in [-0.39, 0.29) is 18.2 Å². The van der Waals surface area contributed by atoms with Crippen molar-refractivity contribution in [2.45, 2.75) is 27.2 Å². The van der Waals surface area contributed by atoms with E-state index in [1.807, 2.05) is 6.92 Å². The van der Waals surface area contributed by atoms with Crippen LogP contribution in [0.25, 0.3) is 11.3 Å². The molecule has 0 fully saturated rings. The summed E-state index contributed by atoms with van der Waals surface area (Å²) >= 11 is 3.30. The van der Waals surface area contributed by atoms with Gasteiger partial charge < -0.3 is 10.6 Å². The number of amides is 2. The van der Waals surface area contributed by atoms with Crippen molar-refractivity contribution in [3.05, 3.63) is 55.5 Å². The topological polar surface area (TPSA) is 71.1 Å². The fourth-order valence-corrected chi connectivity index (χ4v) is 4.74. The molecule has 5 nitrogen and oxygen atoms in total. The zero-order valence-electron chi connectivity index (χ0n) is 15.7. The molecule has 0 bridgehead atoms. The third kappa shape index (κ3) is 4.43. The van der Waals surface area contributed by atoms with E-state index in [2.05, 4.69) is 35.5 Å². The zero-order chi connectivity index (χ0) is 19.6. The summed E-state index contributed by atoms with van der Waals surface area (Å²) in [5.41, 5.74) is 3.24.